The Morgan fingerprint density at radius 3 is 1.37 bits per heavy atom. The Morgan fingerprint density at radius 2 is 0.835 bits per heavy atom. The van der Waals surface area contributed by atoms with E-state index in [9.17, 15) is 53.7 Å². The maximum Gasteiger partial charge on any atom is 0.305 e. The number of carbonyl (C=O) groups excluding carboxylic acids is 14. The lowest BCUT2D eigenvalue weighted by molar-refractivity contribution is -0.148. The molecular formula is C81H98N14O18S2. The number of nitrogens with zero attached hydrogens (tertiary/aromatic N) is 3. The molecular weight excluding hydrogens is 1520 g/mol. The fourth-order valence-corrected chi connectivity index (χ4v) is 16.9. The van der Waals surface area contributed by atoms with Crippen LogP contribution in [0.1, 0.15) is 94.4 Å². The quantitative estimate of drug-likeness (QED) is 0.0661. The number of aliphatic hydroxyl groups is 1. The Kier molecular flexibility index (Phi) is 30.7. The van der Waals surface area contributed by atoms with E-state index in [-0.39, 0.29) is 88.9 Å². The van der Waals surface area contributed by atoms with Crippen LogP contribution in [0.3, 0.4) is 0 Å². The number of phenolic OH excluding ortho intramolecular Hbond substituents is 1. The van der Waals surface area contributed by atoms with Gasteiger partial charge in [0.25, 0.3) is 0 Å². The van der Waals surface area contributed by atoms with Crippen LogP contribution in [0, 0.1) is 5.92 Å². The van der Waals surface area contributed by atoms with Crippen molar-refractivity contribution in [1.82, 2.24) is 73.2 Å². The Hall–Kier alpha value is -11.4. The number of phenols is 1. The highest BCUT2D eigenvalue weighted by Crippen LogP contribution is 2.30. The van der Waals surface area contributed by atoms with E-state index >= 15 is 33.6 Å². The summed E-state index contributed by atoms with van der Waals surface area (Å²) in [5, 5.41) is 60.2. The Bertz CT molecular complexity index is 4340. The van der Waals surface area contributed by atoms with E-state index in [0.29, 0.717) is 35.1 Å². The van der Waals surface area contributed by atoms with Crippen molar-refractivity contribution in [1.29, 1.82) is 0 Å². The average molecular weight is 1620 g/mol. The first kappa shape index (κ1) is 86.0. The number of hydrogen-bond acceptors (Lipinski definition) is 19. The van der Waals surface area contributed by atoms with Crippen LogP contribution in [0.15, 0.2) is 140 Å². The van der Waals surface area contributed by atoms with Crippen molar-refractivity contribution in [3.8, 4) is 16.9 Å². The van der Waals surface area contributed by atoms with Crippen molar-refractivity contribution < 1.29 is 87.2 Å². The maximum absolute atomic E-state index is 15.4. The summed E-state index contributed by atoms with van der Waals surface area (Å²) in [6.45, 7) is 2.85. The van der Waals surface area contributed by atoms with Crippen molar-refractivity contribution in [3.05, 3.63) is 162 Å². The number of carboxylic acids is 1. The topological polar surface area (TPSA) is 459 Å². The molecule has 5 heterocycles. The van der Waals surface area contributed by atoms with Crippen molar-refractivity contribution in [2.45, 2.75) is 176 Å². The number of aliphatic carboxylic acids is 1. The maximum atomic E-state index is 15.4. The van der Waals surface area contributed by atoms with Crippen LogP contribution < -0.4 is 58.5 Å². The summed E-state index contributed by atoms with van der Waals surface area (Å²) in [5.41, 5.74) is 3.71. The number of benzene rings is 5. The average Bonchev–Trinajstić information content (AvgIpc) is 1.69. The lowest BCUT2D eigenvalue weighted by atomic mass is 9.97. The van der Waals surface area contributed by atoms with Gasteiger partial charge in [-0.15, -0.1) is 0 Å². The monoisotopic (exact) mass is 1620 g/mol. The molecule has 14 amide bonds. The van der Waals surface area contributed by atoms with Crippen molar-refractivity contribution in [2.24, 2.45) is 5.92 Å². The molecule has 32 nitrogen and oxygen atoms in total. The van der Waals surface area contributed by atoms with E-state index in [1.807, 2.05) is 42.5 Å². The minimum atomic E-state index is -1.83. The first-order valence-corrected chi connectivity index (χ1v) is 41.0. The second kappa shape index (κ2) is 41.1. The van der Waals surface area contributed by atoms with Gasteiger partial charge in [0, 0.05) is 56.8 Å². The van der Waals surface area contributed by atoms with E-state index in [4.69, 9.17) is 0 Å². The van der Waals surface area contributed by atoms with Crippen LogP contribution in [0.25, 0.3) is 11.1 Å². The van der Waals surface area contributed by atoms with Gasteiger partial charge in [-0.1, -0.05) is 169 Å². The number of carbonyl (C=O) groups is 15. The molecule has 0 saturated carbocycles. The van der Waals surface area contributed by atoms with Gasteiger partial charge in [0.15, 0.2) is 0 Å². The number of fused-ring (bicyclic) bond motifs is 8. The Morgan fingerprint density at radius 1 is 0.426 bits per heavy atom. The largest absolute Gasteiger partial charge is 0.508 e. The fourth-order valence-electron chi connectivity index (χ4n) is 14.5. The van der Waals surface area contributed by atoms with Gasteiger partial charge >= 0.3 is 5.97 Å². The van der Waals surface area contributed by atoms with Gasteiger partial charge in [0.05, 0.1) is 19.6 Å². The molecule has 14 atom stereocenters. The molecule has 5 fully saturated rings. The second-order valence-corrected chi connectivity index (χ2v) is 31.9. The summed E-state index contributed by atoms with van der Waals surface area (Å²) in [7, 11) is 1.80. The molecule has 612 valence electrons. The van der Waals surface area contributed by atoms with E-state index in [1.54, 1.807) is 86.6 Å². The van der Waals surface area contributed by atoms with Gasteiger partial charge in [0.1, 0.15) is 84.3 Å². The van der Waals surface area contributed by atoms with Crippen molar-refractivity contribution in [3.63, 3.8) is 0 Å². The summed E-state index contributed by atoms with van der Waals surface area (Å²) < 4.78 is 0. The molecule has 0 aromatic heterocycles. The van der Waals surface area contributed by atoms with Crippen molar-refractivity contribution in [2.75, 3.05) is 44.3 Å². The smallest absolute Gasteiger partial charge is 0.305 e. The molecule has 115 heavy (non-hydrogen) atoms. The molecule has 5 aliphatic rings. The summed E-state index contributed by atoms with van der Waals surface area (Å²) >= 11 is 0. The summed E-state index contributed by atoms with van der Waals surface area (Å²) in [6, 6.07) is 19.3. The molecule has 5 aliphatic heterocycles. The molecule has 34 heteroatoms. The van der Waals surface area contributed by atoms with Crippen LogP contribution in [-0.4, -0.2) is 242 Å². The zero-order chi connectivity index (χ0) is 82.4. The molecule has 2 bridgehead atoms. The lowest BCUT2D eigenvalue weighted by Gasteiger charge is -2.34. The van der Waals surface area contributed by atoms with Crippen LogP contribution in [-0.2, 0) is 97.6 Å². The van der Waals surface area contributed by atoms with Gasteiger partial charge in [-0.2, -0.15) is 0 Å². The minimum absolute atomic E-state index is 0.0331. The number of aliphatic hydroxyl groups excluding tert-OH is 1. The Labute approximate surface area is 672 Å². The third-order valence-electron chi connectivity index (χ3n) is 21.1. The third kappa shape index (κ3) is 23.4. The predicted octanol–water partition coefficient (Wildman–Crippen LogP) is 0.209. The number of amides is 14. The number of rotatable bonds is 14. The zero-order valence-corrected chi connectivity index (χ0v) is 65.6. The van der Waals surface area contributed by atoms with Crippen LogP contribution in [0.2, 0.25) is 0 Å². The number of aromatic hydroxyl groups is 1. The molecule has 5 saturated heterocycles. The van der Waals surface area contributed by atoms with Crippen LogP contribution in [0.4, 0.5) is 0 Å². The van der Waals surface area contributed by atoms with Gasteiger partial charge in [-0.25, -0.2) is 0 Å². The molecule has 0 radical (unpaired) electrons. The van der Waals surface area contributed by atoms with Crippen molar-refractivity contribution >= 4 is 110 Å². The SMILES string of the molecule is CC[C@H](C)[C@@H]1NC(=O)[C@@H]2CCCN2C(=O)[C@@H]2CCCN2C(=O)[C@H](Cc2ccc(-c3ccccc3)cc2)NC(=O)[C@H](CO)NC(=O)[C@H](Cc2ccc(O)cc2)NC(=O)[C@H](C)NC(=O)[C@@H]2CSSC[C@H](NC1=O)C(=O)N[C@@H](Cc1ccccc1)C(=O)N1CCC[C@H]1C(=O)N[C@@H](CC(=O)O)C(=O)NCC(=O)N[C@@H](Cc1ccccc1)C(=O)N2. The highest BCUT2D eigenvalue weighted by atomic mass is 33.1. The first-order chi connectivity index (χ1) is 55.2. The van der Waals surface area contributed by atoms with Gasteiger partial charge < -0.3 is 88.5 Å². The number of carboxylic acid groups (broad SMARTS) is 1. The zero-order valence-electron chi connectivity index (χ0n) is 63.9. The van der Waals surface area contributed by atoms with Gasteiger partial charge in [-0.05, 0) is 96.9 Å². The van der Waals surface area contributed by atoms with Crippen LogP contribution in [0.5, 0.6) is 5.75 Å². The minimum Gasteiger partial charge on any atom is -0.508 e. The van der Waals surface area contributed by atoms with Gasteiger partial charge in [0.2, 0.25) is 82.7 Å². The van der Waals surface area contributed by atoms with E-state index in [1.165, 1.54) is 45.9 Å². The Balaban J connectivity index is 1.04. The normalized spacial score (nSPS) is 26.4. The van der Waals surface area contributed by atoms with E-state index in [2.05, 4.69) is 58.5 Å². The molecule has 0 spiro atoms. The van der Waals surface area contributed by atoms with Crippen LogP contribution >= 0.6 is 21.6 Å². The number of hydrogen-bond donors (Lipinski definition) is 14. The van der Waals surface area contributed by atoms with E-state index in [0.717, 1.165) is 32.7 Å². The summed E-state index contributed by atoms with van der Waals surface area (Å²) in [5.74, 6) is -15.9. The first-order valence-electron chi connectivity index (χ1n) is 38.5. The standard InChI is InChI=1S/C81H98N14O18S2/c1-4-46(2)68-78(110)91-62-45-115-114-44-61(90-71(103)55(37-48-17-8-5-9-18-48)84-66(98)42-82-70(102)57(41-67(99)100)86-76(108)63-23-14-34-93(63)79(111)58(88-75(62)107)39-49-19-10-6-11-20-49)74(106)83-47(3)69(101)85-56(38-51-28-32-54(97)33-29-51)72(104)89-60(43-96)73(105)87-59(40-50-26-30-53(31-27-50)52-21-12-7-13-22-52)80(112)95-36-16-25-65(95)81(113)94-35-15-24-64(94)77(109)92-68/h5-13,17-22,26-33,46-47,55-65,68,96-97H,4,14-16,23-25,34-45H2,1-3H3,(H,82,102)(H,83,106)(H,84,98)(H,85,101)(H,86,108)(H,87,105)(H,88,107)(H,89,104)(H,90,103)(H,91,110)(H,92,109)(H,99,100)/t46-,47-,55-,56-,57-,58-,59-,60-,61-,62-,63-,64-,65-,68-/m0/s1. The number of nitrogens with one attached hydrogen (secondary N) is 11. The highest BCUT2D eigenvalue weighted by Gasteiger charge is 2.47. The highest BCUT2D eigenvalue weighted by molar-refractivity contribution is 8.76. The fraction of sp³-hybridized carbons (Fsp3) is 0.444. The van der Waals surface area contributed by atoms with E-state index < -0.39 is 198 Å². The van der Waals surface area contributed by atoms with Gasteiger partial charge in [-0.3, -0.25) is 71.9 Å². The molecule has 5 aromatic rings. The molecule has 0 aliphatic carbocycles. The molecule has 14 N–H and O–H groups in total. The molecule has 0 unspecified atom stereocenters. The second-order valence-electron chi connectivity index (χ2n) is 29.3. The summed E-state index contributed by atoms with van der Waals surface area (Å²) in [4.78, 5) is 225. The predicted molar refractivity (Wildman–Crippen MR) is 424 cm³/mol. The third-order valence-corrected chi connectivity index (χ3v) is 23.5. The summed E-state index contributed by atoms with van der Waals surface area (Å²) in [6.07, 6.45) is -0.409. The molecule has 10 rings (SSSR count). The lowest BCUT2D eigenvalue weighted by Crippen LogP contribution is -2.62. The molecule has 5 aromatic carbocycles.